The normalized spacial score (nSPS) is 18.1. The average molecular weight is 467 g/mol. The summed E-state index contributed by atoms with van der Waals surface area (Å²) >= 11 is 6.09. The van der Waals surface area contributed by atoms with Gasteiger partial charge in [0.2, 0.25) is 0 Å². The number of hydrogen-bond acceptors (Lipinski definition) is 5. The van der Waals surface area contributed by atoms with Gasteiger partial charge in [0.25, 0.3) is 11.7 Å². The van der Waals surface area contributed by atoms with E-state index in [9.17, 15) is 14.7 Å². The Morgan fingerprint density at radius 2 is 1.85 bits per heavy atom. The summed E-state index contributed by atoms with van der Waals surface area (Å²) < 4.78 is 1.76. The summed E-state index contributed by atoms with van der Waals surface area (Å²) in [5.41, 5.74) is 3.42. The van der Waals surface area contributed by atoms with E-state index in [4.69, 9.17) is 11.6 Å². The molecular weight excluding hydrogens is 440 g/mol. The first-order chi connectivity index (χ1) is 15.7. The van der Waals surface area contributed by atoms with Crippen molar-refractivity contribution in [2.24, 2.45) is 0 Å². The van der Waals surface area contributed by atoms with Gasteiger partial charge in [-0.2, -0.15) is 0 Å². The molecule has 1 atom stereocenters. The van der Waals surface area contributed by atoms with Crippen molar-refractivity contribution in [2.45, 2.75) is 26.3 Å². The third-order valence-corrected chi connectivity index (χ3v) is 6.23. The van der Waals surface area contributed by atoms with Crippen LogP contribution >= 0.6 is 11.6 Å². The fourth-order valence-corrected chi connectivity index (χ4v) is 4.52. The number of fused-ring (bicyclic) bond motifs is 1. The van der Waals surface area contributed by atoms with Crippen molar-refractivity contribution in [1.29, 1.82) is 0 Å². The number of carbonyl (C=O) groups excluding carboxylic acids is 2. The van der Waals surface area contributed by atoms with Crippen LogP contribution in [0.15, 0.2) is 48.2 Å². The second-order valence-electron chi connectivity index (χ2n) is 8.63. The zero-order valence-corrected chi connectivity index (χ0v) is 19.9. The molecule has 33 heavy (non-hydrogen) atoms. The van der Waals surface area contributed by atoms with E-state index in [2.05, 4.69) is 4.98 Å². The summed E-state index contributed by atoms with van der Waals surface area (Å²) in [4.78, 5) is 34.5. The van der Waals surface area contributed by atoms with Gasteiger partial charge in [0.1, 0.15) is 11.3 Å². The summed E-state index contributed by atoms with van der Waals surface area (Å²) in [5.74, 6) is -1.53. The van der Waals surface area contributed by atoms with Crippen LogP contribution < -0.4 is 0 Å². The van der Waals surface area contributed by atoms with Gasteiger partial charge in [0.15, 0.2) is 5.76 Å². The van der Waals surface area contributed by atoms with E-state index in [1.807, 2.05) is 38.1 Å². The lowest BCUT2D eigenvalue weighted by atomic mass is 9.96. The Morgan fingerprint density at radius 1 is 1.15 bits per heavy atom. The van der Waals surface area contributed by atoms with Crippen molar-refractivity contribution < 1.29 is 14.7 Å². The topological polar surface area (TPSA) is 78.1 Å². The maximum atomic E-state index is 13.2. The number of aromatic nitrogens is 2. The summed E-state index contributed by atoms with van der Waals surface area (Å²) in [7, 11) is 3.92. The molecule has 0 spiro atoms. The molecule has 172 valence electrons. The highest BCUT2D eigenvalue weighted by atomic mass is 35.5. The number of aliphatic hydroxyl groups is 1. The molecule has 1 unspecified atom stereocenters. The summed E-state index contributed by atoms with van der Waals surface area (Å²) in [5, 5.41) is 12.0. The van der Waals surface area contributed by atoms with Gasteiger partial charge in [-0.3, -0.25) is 14.0 Å². The van der Waals surface area contributed by atoms with E-state index in [1.54, 1.807) is 46.7 Å². The molecule has 2 aromatic heterocycles. The van der Waals surface area contributed by atoms with Gasteiger partial charge >= 0.3 is 0 Å². The SMILES string of the molecule is Cc1nc2c(C)cccn2c1/C(O)=C1/C(=O)C(=O)N(CCCN(C)C)C1c1ccc(Cl)cc1. The van der Waals surface area contributed by atoms with Crippen LogP contribution in [0.3, 0.4) is 0 Å². The van der Waals surface area contributed by atoms with Gasteiger partial charge in [0.05, 0.1) is 17.3 Å². The highest BCUT2D eigenvalue weighted by Crippen LogP contribution is 2.40. The predicted molar refractivity (Wildman–Crippen MR) is 128 cm³/mol. The van der Waals surface area contributed by atoms with Crippen molar-refractivity contribution in [3.8, 4) is 0 Å². The molecular formula is C25H27ClN4O3. The maximum Gasteiger partial charge on any atom is 0.295 e. The molecule has 1 amide bonds. The number of hydrogen-bond donors (Lipinski definition) is 1. The minimum atomic E-state index is -0.709. The van der Waals surface area contributed by atoms with Crippen LogP contribution in [-0.4, -0.2) is 63.2 Å². The van der Waals surface area contributed by atoms with E-state index in [-0.39, 0.29) is 11.3 Å². The number of carbonyl (C=O) groups is 2. The molecule has 0 radical (unpaired) electrons. The molecule has 4 rings (SSSR count). The fraction of sp³-hybridized carbons (Fsp3) is 0.320. The number of ketones is 1. The van der Waals surface area contributed by atoms with Gasteiger partial charge in [-0.15, -0.1) is 0 Å². The quantitative estimate of drug-likeness (QED) is 0.338. The number of aliphatic hydroxyl groups excluding tert-OH is 1. The van der Waals surface area contributed by atoms with E-state index in [1.165, 1.54) is 0 Å². The Balaban J connectivity index is 1.89. The lowest BCUT2D eigenvalue weighted by molar-refractivity contribution is -0.139. The van der Waals surface area contributed by atoms with Crippen molar-refractivity contribution in [2.75, 3.05) is 27.2 Å². The number of benzene rings is 1. The van der Waals surface area contributed by atoms with Gasteiger partial charge in [-0.05, 0) is 70.2 Å². The van der Waals surface area contributed by atoms with Gasteiger partial charge in [-0.1, -0.05) is 29.8 Å². The van der Waals surface area contributed by atoms with Crippen LogP contribution in [-0.2, 0) is 9.59 Å². The third kappa shape index (κ3) is 4.14. The molecule has 8 heteroatoms. The zero-order chi connectivity index (χ0) is 23.9. The molecule has 1 aliphatic heterocycles. The van der Waals surface area contributed by atoms with Crippen molar-refractivity contribution in [3.05, 3.63) is 75.7 Å². The second-order valence-corrected chi connectivity index (χ2v) is 9.07. The van der Waals surface area contributed by atoms with Crippen LogP contribution in [0.25, 0.3) is 11.4 Å². The number of rotatable bonds is 6. The maximum absolute atomic E-state index is 13.2. The lowest BCUT2D eigenvalue weighted by Crippen LogP contribution is -2.32. The molecule has 1 saturated heterocycles. The first-order valence-electron chi connectivity index (χ1n) is 10.8. The summed E-state index contributed by atoms with van der Waals surface area (Å²) in [6.07, 6.45) is 2.49. The standard InChI is InChI=1S/C25H27ClN4O3/c1-15-7-5-13-29-20(16(2)27-24(15)29)22(31)19-21(17-8-10-18(26)11-9-17)30(25(33)23(19)32)14-6-12-28(3)4/h5,7-11,13,21,31H,6,12,14H2,1-4H3/b22-19-. The fourth-order valence-electron chi connectivity index (χ4n) is 4.39. The first kappa shape index (κ1) is 23.0. The Morgan fingerprint density at radius 3 is 2.52 bits per heavy atom. The lowest BCUT2D eigenvalue weighted by Gasteiger charge is -2.26. The molecule has 1 fully saturated rings. The van der Waals surface area contributed by atoms with E-state index in [0.717, 1.165) is 12.1 Å². The summed E-state index contributed by atoms with van der Waals surface area (Å²) in [6, 6.07) is 10.1. The number of pyridine rings is 1. The molecule has 0 saturated carbocycles. The van der Waals surface area contributed by atoms with Crippen LogP contribution in [0.1, 0.15) is 35.0 Å². The molecule has 0 aliphatic carbocycles. The van der Waals surface area contributed by atoms with Crippen LogP contribution in [0.4, 0.5) is 0 Å². The Bertz CT molecular complexity index is 1260. The van der Waals surface area contributed by atoms with Gasteiger partial charge in [0, 0.05) is 17.8 Å². The van der Waals surface area contributed by atoms with E-state index < -0.39 is 17.7 Å². The number of amides is 1. The number of halogens is 1. The van der Waals surface area contributed by atoms with E-state index in [0.29, 0.717) is 40.6 Å². The monoisotopic (exact) mass is 466 g/mol. The molecule has 0 bridgehead atoms. The predicted octanol–water partition coefficient (Wildman–Crippen LogP) is 3.98. The Kier molecular flexibility index (Phi) is 6.28. The smallest absolute Gasteiger partial charge is 0.295 e. The van der Waals surface area contributed by atoms with Gasteiger partial charge in [-0.25, -0.2) is 4.98 Å². The Hall–Kier alpha value is -3.16. The molecule has 1 aromatic carbocycles. The molecule has 3 aromatic rings. The number of nitrogens with zero attached hydrogens (tertiary/aromatic N) is 4. The molecule has 1 aliphatic rings. The first-order valence-corrected chi connectivity index (χ1v) is 11.2. The second kappa shape index (κ2) is 9.00. The minimum Gasteiger partial charge on any atom is -0.505 e. The van der Waals surface area contributed by atoms with Crippen molar-refractivity contribution in [3.63, 3.8) is 0 Å². The van der Waals surface area contributed by atoms with E-state index >= 15 is 0 Å². The van der Waals surface area contributed by atoms with Crippen LogP contribution in [0, 0.1) is 13.8 Å². The minimum absolute atomic E-state index is 0.0681. The number of likely N-dealkylation sites (tertiary alicyclic amines) is 1. The van der Waals surface area contributed by atoms with Crippen LogP contribution in [0.2, 0.25) is 5.02 Å². The summed E-state index contributed by atoms with van der Waals surface area (Å²) in [6.45, 7) is 4.87. The number of Topliss-reactive ketones (excluding diaryl/α,β-unsaturated/α-hetero) is 1. The van der Waals surface area contributed by atoms with Crippen LogP contribution in [0.5, 0.6) is 0 Å². The third-order valence-electron chi connectivity index (χ3n) is 5.97. The number of aryl methyl sites for hydroxylation is 2. The zero-order valence-electron chi connectivity index (χ0n) is 19.2. The molecule has 1 N–H and O–H groups in total. The Labute approximate surface area is 197 Å². The molecule has 3 heterocycles. The average Bonchev–Trinajstić information content (AvgIpc) is 3.23. The van der Waals surface area contributed by atoms with Crippen molar-refractivity contribution >= 4 is 34.7 Å². The number of imidazole rings is 1. The highest BCUT2D eigenvalue weighted by molar-refractivity contribution is 6.46. The van der Waals surface area contributed by atoms with Gasteiger partial charge < -0.3 is 14.9 Å². The highest BCUT2D eigenvalue weighted by Gasteiger charge is 2.46. The largest absolute Gasteiger partial charge is 0.505 e. The molecule has 7 nitrogen and oxygen atoms in total. The van der Waals surface area contributed by atoms with Crippen molar-refractivity contribution in [1.82, 2.24) is 19.2 Å².